The van der Waals surface area contributed by atoms with E-state index >= 15 is 0 Å². The minimum atomic E-state index is -0.482. The number of rotatable bonds is 3. The molecule has 2 aromatic rings. The van der Waals surface area contributed by atoms with Gasteiger partial charge in [0.15, 0.2) is 0 Å². The summed E-state index contributed by atoms with van der Waals surface area (Å²) in [6.45, 7) is 1.11. The van der Waals surface area contributed by atoms with Gasteiger partial charge in [0.05, 0.1) is 11.1 Å². The maximum atomic E-state index is 12.1. The van der Waals surface area contributed by atoms with Crippen molar-refractivity contribution in [2.75, 3.05) is 18.4 Å². The quantitative estimate of drug-likeness (QED) is 0.432. The van der Waals surface area contributed by atoms with Crippen LogP contribution in [0.25, 0.3) is 10.8 Å². The van der Waals surface area contributed by atoms with Crippen molar-refractivity contribution in [3.8, 4) is 0 Å². The SMILES string of the molecule is NCCNc1ccc2c3c(cccc13)C(=O)N(N)C2=O. The topological polar surface area (TPSA) is 101 Å². The fourth-order valence-electron chi connectivity index (χ4n) is 2.48. The fraction of sp³-hybridized carbons (Fsp3) is 0.143. The first-order valence-corrected chi connectivity index (χ1v) is 6.28. The van der Waals surface area contributed by atoms with Crippen LogP contribution in [0.2, 0.25) is 0 Å². The van der Waals surface area contributed by atoms with E-state index < -0.39 is 11.8 Å². The van der Waals surface area contributed by atoms with Crippen molar-refractivity contribution in [3.05, 3.63) is 41.5 Å². The maximum Gasteiger partial charge on any atom is 0.275 e. The van der Waals surface area contributed by atoms with Crippen LogP contribution in [0, 0.1) is 0 Å². The van der Waals surface area contributed by atoms with Gasteiger partial charge in [0.1, 0.15) is 0 Å². The van der Waals surface area contributed by atoms with Gasteiger partial charge < -0.3 is 11.1 Å². The summed E-state index contributed by atoms with van der Waals surface area (Å²) < 4.78 is 0. The molecular formula is C14H14N4O2. The Morgan fingerprint density at radius 3 is 2.45 bits per heavy atom. The smallest absolute Gasteiger partial charge is 0.275 e. The lowest BCUT2D eigenvalue weighted by atomic mass is 9.94. The van der Waals surface area contributed by atoms with Gasteiger partial charge in [0.2, 0.25) is 0 Å². The zero-order valence-electron chi connectivity index (χ0n) is 10.7. The van der Waals surface area contributed by atoms with Gasteiger partial charge in [-0.25, -0.2) is 10.9 Å². The molecule has 102 valence electrons. The summed E-state index contributed by atoms with van der Waals surface area (Å²) in [5.74, 6) is 4.57. The van der Waals surface area contributed by atoms with Crippen LogP contribution in [0.4, 0.5) is 5.69 Å². The summed E-state index contributed by atoms with van der Waals surface area (Å²) in [6.07, 6.45) is 0. The molecule has 6 heteroatoms. The van der Waals surface area contributed by atoms with Gasteiger partial charge >= 0.3 is 0 Å². The molecule has 6 nitrogen and oxygen atoms in total. The number of anilines is 1. The van der Waals surface area contributed by atoms with E-state index in [1.165, 1.54) is 0 Å². The predicted octanol–water partition coefficient (Wildman–Crippen LogP) is 0.680. The molecular weight excluding hydrogens is 256 g/mol. The van der Waals surface area contributed by atoms with Gasteiger partial charge in [0.25, 0.3) is 11.8 Å². The van der Waals surface area contributed by atoms with E-state index in [1.54, 1.807) is 24.3 Å². The minimum absolute atomic E-state index is 0.441. The number of hydrazine groups is 1. The van der Waals surface area contributed by atoms with Crippen molar-refractivity contribution >= 4 is 28.3 Å². The zero-order valence-corrected chi connectivity index (χ0v) is 10.7. The van der Waals surface area contributed by atoms with E-state index in [-0.39, 0.29) is 0 Å². The van der Waals surface area contributed by atoms with E-state index in [1.807, 2.05) is 6.07 Å². The largest absolute Gasteiger partial charge is 0.383 e. The van der Waals surface area contributed by atoms with Gasteiger partial charge in [-0.2, -0.15) is 0 Å². The van der Waals surface area contributed by atoms with Crippen molar-refractivity contribution in [1.29, 1.82) is 0 Å². The van der Waals surface area contributed by atoms with Crippen molar-refractivity contribution in [2.45, 2.75) is 0 Å². The molecule has 1 aliphatic rings. The molecule has 0 aromatic heterocycles. The monoisotopic (exact) mass is 270 g/mol. The zero-order chi connectivity index (χ0) is 14.3. The first-order valence-electron chi connectivity index (χ1n) is 6.28. The minimum Gasteiger partial charge on any atom is -0.383 e. The van der Waals surface area contributed by atoms with E-state index in [9.17, 15) is 9.59 Å². The van der Waals surface area contributed by atoms with Crippen LogP contribution in [0.15, 0.2) is 30.3 Å². The summed E-state index contributed by atoms with van der Waals surface area (Å²) in [4.78, 5) is 24.2. The molecule has 0 spiro atoms. The average molecular weight is 270 g/mol. The third kappa shape index (κ3) is 1.66. The number of nitrogens with two attached hydrogens (primary N) is 2. The van der Waals surface area contributed by atoms with Gasteiger partial charge in [-0.3, -0.25) is 9.59 Å². The molecule has 0 fully saturated rings. The van der Waals surface area contributed by atoms with Crippen LogP contribution >= 0.6 is 0 Å². The number of benzene rings is 2. The molecule has 1 heterocycles. The fourth-order valence-corrected chi connectivity index (χ4v) is 2.48. The second-order valence-electron chi connectivity index (χ2n) is 4.58. The van der Waals surface area contributed by atoms with Crippen LogP contribution < -0.4 is 16.9 Å². The molecule has 2 aromatic carbocycles. The second-order valence-corrected chi connectivity index (χ2v) is 4.58. The molecule has 2 amide bonds. The molecule has 0 saturated carbocycles. The number of carbonyl (C=O) groups excluding carboxylic acids is 2. The molecule has 20 heavy (non-hydrogen) atoms. The lowest BCUT2D eigenvalue weighted by Crippen LogP contribution is -2.45. The van der Waals surface area contributed by atoms with Crippen LogP contribution in [0.5, 0.6) is 0 Å². The first kappa shape index (κ1) is 12.6. The van der Waals surface area contributed by atoms with Gasteiger partial charge in [-0.1, -0.05) is 12.1 Å². The highest BCUT2D eigenvalue weighted by atomic mass is 16.2. The average Bonchev–Trinajstić information content (AvgIpc) is 2.48. The van der Waals surface area contributed by atoms with Gasteiger partial charge in [-0.05, 0) is 18.2 Å². The second kappa shape index (κ2) is 4.59. The summed E-state index contributed by atoms with van der Waals surface area (Å²) in [5, 5.41) is 5.31. The molecule has 0 atom stereocenters. The highest BCUT2D eigenvalue weighted by Crippen LogP contribution is 2.33. The number of hydrogen-bond donors (Lipinski definition) is 3. The van der Waals surface area contributed by atoms with Crippen LogP contribution in [-0.4, -0.2) is 29.9 Å². The summed E-state index contributed by atoms with van der Waals surface area (Å²) in [7, 11) is 0. The Hall–Kier alpha value is -2.44. The Labute approximate surface area is 115 Å². The summed E-state index contributed by atoms with van der Waals surface area (Å²) in [5.41, 5.74) is 7.22. The van der Waals surface area contributed by atoms with E-state index in [2.05, 4.69) is 5.32 Å². The van der Waals surface area contributed by atoms with Gasteiger partial charge in [-0.15, -0.1) is 0 Å². The van der Waals surface area contributed by atoms with Crippen LogP contribution in [0.1, 0.15) is 20.7 Å². The standard InChI is InChI=1S/C14H14N4O2/c15-6-7-17-11-5-4-10-12-8(11)2-1-3-9(12)13(19)18(16)14(10)20/h1-5,17H,6-7,15-16H2. The number of imide groups is 1. The van der Waals surface area contributed by atoms with Crippen LogP contribution in [-0.2, 0) is 0 Å². The number of nitrogens with one attached hydrogen (secondary N) is 1. The predicted molar refractivity (Wildman–Crippen MR) is 76.2 cm³/mol. The first-order chi connectivity index (χ1) is 9.65. The van der Waals surface area contributed by atoms with Crippen molar-refractivity contribution in [1.82, 2.24) is 5.01 Å². The highest BCUT2D eigenvalue weighted by molar-refractivity contribution is 6.26. The lowest BCUT2D eigenvalue weighted by Gasteiger charge is -2.24. The Morgan fingerprint density at radius 2 is 1.75 bits per heavy atom. The lowest BCUT2D eigenvalue weighted by molar-refractivity contribution is 0.0610. The molecule has 5 N–H and O–H groups in total. The third-order valence-corrected chi connectivity index (χ3v) is 3.40. The Bertz CT molecular complexity index is 704. The van der Waals surface area contributed by atoms with E-state index in [4.69, 9.17) is 11.6 Å². The molecule has 0 bridgehead atoms. The molecule has 0 saturated heterocycles. The molecule has 1 aliphatic heterocycles. The Morgan fingerprint density at radius 1 is 1.05 bits per heavy atom. The van der Waals surface area contributed by atoms with Crippen molar-refractivity contribution < 1.29 is 9.59 Å². The van der Waals surface area contributed by atoms with E-state index in [0.29, 0.717) is 34.6 Å². The molecule has 3 rings (SSSR count). The maximum absolute atomic E-state index is 12.1. The highest BCUT2D eigenvalue weighted by Gasteiger charge is 2.31. The molecule has 0 unspecified atom stereocenters. The summed E-state index contributed by atoms with van der Waals surface area (Å²) in [6, 6.07) is 8.80. The Kier molecular flexibility index (Phi) is 2.89. The number of nitrogens with zero attached hydrogens (tertiary/aromatic N) is 1. The van der Waals surface area contributed by atoms with Gasteiger partial charge in [0, 0.05) is 29.5 Å². The number of carbonyl (C=O) groups is 2. The number of hydrogen-bond acceptors (Lipinski definition) is 5. The molecule has 0 radical (unpaired) electrons. The van der Waals surface area contributed by atoms with Crippen molar-refractivity contribution in [3.63, 3.8) is 0 Å². The van der Waals surface area contributed by atoms with E-state index in [0.717, 1.165) is 11.1 Å². The normalized spacial score (nSPS) is 14.0. The summed E-state index contributed by atoms with van der Waals surface area (Å²) >= 11 is 0. The molecule has 0 aliphatic carbocycles. The van der Waals surface area contributed by atoms with Crippen LogP contribution in [0.3, 0.4) is 0 Å². The number of amides is 2. The third-order valence-electron chi connectivity index (χ3n) is 3.40. The Balaban J connectivity index is 2.29. The van der Waals surface area contributed by atoms with Crippen molar-refractivity contribution in [2.24, 2.45) is 11.6 Å².